The minimum absolute atomic E-state index is 0.920. The highest BCUT2D eigenvalue weighted by Crippen LogP contribution is 2.39. The van der Waals surface area contributed by atoms with E-state index in [4.69, 9.17) is 4.42 Å². The molecule has 0 aliphatic heterocycles. The average molecular weight is 725 g/mol. The summed E-state index contributed by atoms with van der Waals surface area (Å²) in [5.41, 5.74) is 12.7. The number of aryl methyl sites for hydroxylation is 1. The molecule has 0 fully saturated rings. The lowest BCUT2D eigenvalue weighted by atomic mass is 9.89. The van der Waals surface area contributed by atoms with Crippen LogP contribution in [0, 0.1) is 6.92 Å². The molecule has 2 heterocycles. The molecule has 0 aliphatic carbocycles. The van der Waals surface area contributed by atoms with Crippen molar-refractivity contribution in [3.8, 4) is 33.4 Å². The number of hydrogen-bond donors (Lipinski definition) is 0. The fourth-order valence-corrected chi connectivity index (χ4v) is 8.69. The molecule has 0 atom stereocenters. The molecular formula is C53H40OS. The second-order valence-corrected chi connectivity index (χ2v) is 15.2. The summed E-state index contributed by atoms with van der Waals surface area (Å²) in [6.45, 7) is 4.43. The van der Waals surface area contributed by atoms with E-state index < -0.39 is 0 Å². The van der Waals surface area contributed by atoms with Crippen molar-refractivity contribution in [2.75, 3.05) is 0 Å². The molecule has 2 aromatic heterocycles. The van der Waals surface area contributed by atoms with Gasteiger partial charge in [-0.15, -0.1) is 11.3 Å². The maximum Gasteiger partial charge on any atom is 0.136 e. The van der Waals surface area contributed by atoms with Crippen LogP contribution >= 0.6 is 11.3 Å². The minimum atomic E-state index is 0.920. The highest BCUT2D eigenvalue weighted by molar-refractivity contribution is 7.18. The summed E-state index contributed by atoms with van der Waals surface area (Å²) in [6, 6.07) is 63.3. The van der Waals surface area contributed by atoms with Gasteiger partial charge in [-0.05, 0) is 110 Å². The zero-order valence-electron chi connectivity index (χ0n) is 31.0. The number of para-hydroxylation sites is 1. The topological polar surface area (TPSA) is 13.1 Å². The zero-order chi connectivity index (χ0) is 37.1. The van der Waals surface area contributed by atoms with Gasteiger partial charge in [0.25, 0.3) is 0 Å². The number of rotatable bonds is 7. The van der Waals surface area contributed by atoms with Crippen molar-refractivity contribution < 1.29 is 4.42 Å². The molecule has 1 nitrogen and oxygen atoms in total. The van der Waals surface area contributed by atoms with Gasteiger partial charge in [-0.3, -0.25) is 0 Å². The lowest BCUT2D eigenvalue weighted by Crippen LogP contribution is -1.91. The molecule has 0 saturated heterocycles. The molecule has 0 spiro atoms. The summed E-state index contributed by atoms with van der Waals surface area (Å²) in [7, 11) is 0. The average Bonchev–Trinajstić information content (AvgIpc) is 3.65. The molecule has 0 radical (unpaired) electrons. The Morgan fingerprint density at radius 2 is 1.22 bits per heavy atom. The van der Waals surface area contributed by atoms with E-state index in [1.165, 1.54) is 81.2 Å². The SMILES string of the molecule is CC/C=C(\C=C/c1ccc(-c2ccccc3ccccc3sc2C)cc1)c1ccc(-c2ccc3ccc4oc5ccccc5c4c3c2)cc1-c1ccccc1. The van der Waals surface area contributed by atoms with E-state index >= 15 is 0 Å². The van der Waals surface area contributed by atoms with Crippen LogP contribution in [0.3, 0.4) is 0 Å². The number of hydrogen-bond acceptors (Lipinski definition) is 2. The first-order valence-corrected chi connectivity index (χ1v) is 19.8. The summed E-state index contributed by atoms with van der Waals surface area (Å²) in [6.07, 6.45) is 7.79. The molecule has 0 bridgehead atoms. The predicted octanol–water partition coefficient (Wildman–Crippen LogP) is 15.9. The van der Waals surface area contributed by atoms with Gasteiger partial charge in [0.05, 0.1) is 0 Å². The molecule has 55 heavy (non-hydrogen) atoms. The summed E-state index contributed by atoms with van der Waals surface area (Å²) in [5.74, 6) is 0. The Morgan fingerprint density at radius 3 is 2.05 bits per heavy atom. The first-order valence-electron chi connectivity index (χ1n) is 19.0. The Bertz CT molecular complexity index is 2960. The normalized spacial score (nSPS) is 11.9. The van der Waals surface area contributed by atoms with Gasteiger partial charge < -0.3 is 4.42 Å². The van der Waals surface area contributed by atoms with Crippen molar-refractivity contribution >= 4 is 65.8 Å². The Labute approximate surface area is 326 Å². The first-order chi connectivity index (χ1) is 27.1. The van der Waals surface area contributed by atoms with Gasteiger partial charge in [-0.1, -0.05) is 171 Å². The van der Waals surface area contributed by atoms with Gasteiger partial charge >= 0.3 is 0 Å². The van der Waals surface area contributed by atoms with E-state index in [2.05, 4.69) is 196 Å². The van der Waals surface area contributed by atoms with Crippen LogP contribution in [0.1, 0.15) is 29.3 Å². The molecule has 0 aliphatic rings. The highest BCUT2D eigenvalue weighted by Gasteiger charge is 2.14. The van der Waals surface area contributed by atoms with Crippen LogP contribution in [0.5, 0.6) is 0 Å². The molecule has 0 unspecified atom stereocenters. The van der Waals surface area contributed by atoms with Crippen LogP contribution < -0.4 is 0 Å². The molecule has 7 aromatic carbocycles. The second kappa shape index (κ2) is 15.1. The molecular weight excluding hydrogens is 685 g/mol. The number of furan rings is 1. The van der Waals surface area contributed by atoms with E-state index in [-0.39, 0.29) is 0 Å². The van der Waals surface area contributed by atoms with E-state index in [0.717, 1.165) is 23.0 Å². The quantitative estimate of drug-likeness (QED) is 0.149. The van der Waals surface area contributed by atoms with E-state index in [1.54, 1.807) is 0 Å². The maximum absolute atomic E-state index is 6.24. The third-order valence-corrected chi connectivity index (χ3v) is 11.5. The standard InChI is InChI=1S/C53H40OS/c1-3-13-38(25-22-37-23-26-40(27-24-37)45-18-9-7-16-42-17-8-12-21-52(42)55-36(45)2)46-32-30-44(34-48(46)39-14-5-4-6-15-39)43-29-28-41-31-33-51-53(49(41)35-43)47-19-10-11-20-50(47)54-51/h4-35H,3H2,1-2H3/b16-7?,18-9?,25-22-,38-13+,45-36?. The molecule has 0 amide bonds. The summed E-state index contributed by atoms with van der Waals surface area (Å²) >= 11 is 1.84. The van der Waals surface area contributed by atoms with Crippen molar-refractivity contribution in [2.45, 2.75) is 20.3 Å². The Kier molecular flexibility index (Phi) is 9.42. The zero-order valence-corrected chi connectivity index (χ0v) is 31.8. The smallest absolute Gasteiger partial charge is 0.136 e. The van der Waals surface area contributed by atoms with Crippen molar-refractivity contribution in [2.24, 2.45) is 0 Å². The monoisotopic (exact) mass is 724 g/mol. The van der Waals surface area contributed by atoms with Crippen LogP contribution in [0.25, 0.3) is 87.8 Å². The molecule has 9 rings (SSSR count). The lowest BCUT2D eigenvalue weighted by molar-refractivity contribution is 0.669. The van der Waals surface area contributed by atoms with Gasteiger partial charge in [0.15, 0.2) is 0 Å². The predicted molar refractivity (Wildman–Crippen MR) is 239 cm³/mol. The first kappa shape index (κ1) is 34.3. The van der Waals surface area contributed by atoms with Crippen LogP contribution in [-0.2, 0) is 0 Å². The minimum Gasteiger partial charge on any atom is -0.456 e. The Morgan fingerprint density at radius 1 is 0.545 bits per heavy atom. The lowest BCUT2D eigenvalue weighted by Gasteiger charge is -2.15. The van der Waals surface area contributed by atoms with Crippen LogP contribution in [-0.4, -0.2) is 0 Å². The van der Waals surface area contributed by atoms with E-state index in [0.29, 0.717) is 0 Å². The molecule has 2 heteroatoms. The van der Waals surface area contributed by atoms with Gasteiger partial charge in [-0.2, -0.15) is 0 Å². The second-order valence-electron chi connectivity index (χ2n) is 14.0. The van der Waals surface area contributed by atoms with Crippen LogP contribution in [0.15, 0.2) is 192 Å². The third kappa shape index (κ3) is 6.89. The van der Waals surface area contributed by atoms with Crippen molar-refractivity contribution in [1.29, 1.82) is 0 Å². The van der Waals surface area contributed by atoms with Crippen molar-refractivity contribution in [3.05, 3.63) is 204 Å². The van der Waals surface area contributed by atoms with Gasteiger partial charge in [0.1, 0.15) is 11.2 Å². The Hall–Kier alpha value is -6.48. The molecule has 0 N–H and O–H groups in total. The molecule has 264 valence electrons. The molecule has 9 aromatic rings. The highest BCUT2D eigenvalue weighted by atomic mass is 32.1. The van der Waals surface area contributed by atoms with E-state index in [1.807, 2.05) is 23.5 Å². The van der Waals surface area contributed by atoms with Crippen LogP contribution in [0.2, 0.25) is 0 Å². The Balaban J connectivity index is 1.08. The van der Waals surface area contributed by atoms with Crippen molar-refractivity contribution in [1.82, 2.24) is 0 Å². The van der Waals surface area contributed by atoms with Crippen molar-refractivity contribution in [3.63, 3.8) is 0 Å². The molecule has 0 saturated carbocycles. The summed E-state index contributed by atoms with van der Waals surface area (Å²) < 4.78 is 7.52. The van der Waals surface area contributed by atoms with Gasteiger partial charge in [0, 0.05) is 20.3 Å². The fourth-order valence-electron chi connectivity index (χ4n) is 7.66. The summed E-state index contributed by atoms with van der Waals surface area (Å²) in [4.78, 5) is 1.28. The summed E-state index contributed by atoms with van der Waals surface area (Å²) in [5, 5.41) is 5.99. The van der Waals surface area contributed by atoms with E-state index in [9.17, 15) is 0 Å². The third-order valence-electron chi connectivity index (χ3n) is 10.4. The van der Waals surface area contributed by atoms with Gasteiger partial charge in [-0.25, -0.2) is 0 Å². The fraction of sp³-hybridized carbons (Fsp3) is 0.0566. The number of fused-ring (bicyclic) bond motifs is 6. The van der Waals surface area contributed by atoms with Crippen LogP contribution in [0.4, 0.5) is 0 Å². The maximum atomic E-state index is 6.24. The number of benzene rings is 7. The largest absolute Gasteiger partial charge is 0.456 e. The van der Waals surface area contributed by atoms with Gasteiger partial charge in [0.2, 0.25) is 0 Å². The number of allylic oxidation sites excluding steroid dienone is 3.